The predicted molar refractivity (Wildman–Crippen MR) is 85.9 cm³/mol. The molecular weight excluding hydrogens is 336 g/mol. The fourth-order valence-electron chi connectivity index (χ4n) is 1.97. The fourth-order valence-corrected chi connectivity index (χ4v) is 2.56. The highest BCUT2D eigenvalue weighted by atomic mass is 79.9. The van der Waals surface area contributed by atoms with Crippen molar-refractivity contribution in [2.75, 3.05) is 12.4 Å². The van der Waals surface area contributed by atoms with Gasteiger partial charge < -0.3 is 10.1 Å². The van der Waals surface area contributed by atoms with Crippen molar-refractivity contribution in [1.29, 1.82) is 0 Å². The molecular formula is C15H15BrN2O3. The van der Waals surface area contributed by atoms with Crippen molar-refractivity contribution in [2.24, 2.45) is 0 Å². The van der Waals surface area contributed by atoms with Crippen LogP contribution in [-0.2, 0) is 6.54 Å². The Labute approximate surface area is 131 Å². The van der Waals surface area contributed by atoms with Crippen LogP contribution in [0.3, 0.4) is 0 Å². The maximum atomic E-state index is 11.0. The minimum atomic E-state index is -0.383. The third kappa shape index (κ3) is 3.72. The second-order valence-corrected chi connectivity index (χ2v) is 5.45. The molecule has 0 aromatic heterocycles. The first-order valence-corrected chi connectivity index (χ1v) is 7.12. The van der Waals surface area contributed by atoms with E-state index in [9.17, 15) is 10.1 Å². The maximum Gasteiger partial charge on any atom is 0.292 e. The number of nitrogens with zero attached hydrogens (tertiary/aromatic N) is 1. The standard InChI is InChI=1S/C15H15BrN2O3/c1-10-3-5-14(18(19)20)13(7-10)17-9-11-4-6-15(21-2)12(16)8-11/h3-8,17H,9H2,1-2H3. The number of halogens is 1. The molecule has 0 unspecified atom stereocenters. The SMILES string of the molecule is COc1ccc(CNc2cc(C)ccc2[N+](=O)[O-])cc1Br. The molecule has 0 radical (unpaired) electrons. The minimum Gasteiger partial charge on any atom is -0.496 e. The molecule has 0 heterocycles. The van der Waals surface area contributed by atoms with E-state index in [0.29, 0.717) is 12.2 Å². The molecule has 0 spiro atoms. The topological polar surface area (TPSA) is 64.4 Å². The van der Waals surface area contributed by atoms with Crippen molar-refractivity contribution in [1.82, 2.24) is 0 Å². The molecule has 0 aliphatic carbocycles. The summed E-state index contributed by atoms with van der Waals surface area (Å²) in [5.74, 6) is 0.750. The first-order valence-electron chi connectivity index (χ1n) is 6.32. The van der Waals surface area contributed by atoms with Crippen LogP contribution < -0.4 is 10.1 Å². The molecule has 2 aromatic carbocycles. The number of nitrogens with one attached hydrogen (secondary N) is 1. The number of nitro groups is 1. The smallest absolute Gasteiger partial charge is 0.292 e. The zero-order valence-electron chi connectivity index (χ0n) is 11.7. The highest BCUT2D eigenvalue weighted by Gasteiger charge is 2.13. The van der Waals surface area contributed by atoms with Crippen LogP contribution in [0.1, 0.15) is 11.1 Å². The van der Waals surface area contributed by atoms with Gasteiger partial charge in [0, 0.05) is 12.6 Å². The summed E-state index contributed by atoms with van der Waals surface area (Å²) in [6.45, 7) is 2.39. The third-order valence-corrected chi connectivity index (χ3v) is 3.67. The van der Waals surface area contributed by atoms with Gasteiger partial charge in [-0.3, -0.25) is 10.1 Å². The van der Waals surface area contributed by atoms with E-state index in [1.807, 2.05) is 25.1 Å². The lowest BCUT2D eigenvalue weighted by Crippen LogP contribution is -2.03. The van der Waals surface area contributed by atoms with Gasteiger partial charge >= 0.3 is 0 Å². The molecule has 0 aliphatic heterocycles. The summed E-state index contributed by atoms with van der Waals surface area (Å²) in [5.41, 5.74) is 2.57. The van der Waals surface area contributed by atoms with Gasteiger partial charge in [-0.05, 0) is 52.2 Å². The van der Waals surface area contributed by atoms with Gasteiger partial charge in [-0.2, -0.15) is 0 Å². The summed E-state index contributed by atoms with van der Waals surface area (Å²) in [4.78, 5) is 10.6. The van der Waals surface area contributed by atoms with E-state index in [4.69, 9.17) is 4.74 Å². The van der Waals surface area contributed by atoms with Gasteiger partial charge in [0.05, 0.1) is 16.5 Å². The Bertz CT molecular complexity index is 674. The molecule has 0 aliphatic rings. The molecule has 0 amide bonds. The van der Waals surface area contributed by atoms with Crippen LogP contribution in [-0.4, -0.2) is 12.0 Å². The molecule has 0 atom stereocenters. The molecule has 110 valence electrons. The molecule has 0 saturated carbocycles. The van der Waals surface area contributed by atoms with Crippen LogP contribution in [0.4, 0.5) is 11.4 Å². The number of hydrogen-bond acceptors (Lipinski definition) is 4. The van der Waals surface area contributed by atoms with Gasteiger partial charge in [0.25, 0.3) is 5.69 Å². The number of hydrogen-bond donors (Lipinski definition) is 1. The van der Waals surface area contributed by atoms with E-state index in [0.717, 1.165) is 21.3 Å². The van der Waals surface area contributed by atoms with Crippen LogP contribution in [0.25, 0.3) is 0 Å². The summed E-state index contributed by atoms with van der Waals surface area (Å²) in [5, 5.41) is 14.1. The number of rotatable bonds is 5. The Hall–Kier alpha value is -2.08. The zero-order chi connectivity index (χ0) is 15.4. The monoisotopic (exact) mass is 350 g/mol. The summed E-state index contributed by atoms with van der Waals surface area (Å²) in [6.07, 6.45) is 0. The number of methoxy groups -OCH3 is 1. The lowest BCUT2D eigenvalue weighted by molar-refractivity contribution is -0.384. The number of benzene rings is 2. The van der Waals surface area contributed by atoms with E-state index in [1.54, 1.807) is 19.2 Å². The van der Waals surface area contributed by atoms with Crippen molar-refractivity contribution in [3.63, 3.8) is 0 Å². The Morgan fingerprint density at radius 3 is 2.67 bits per heavy atom. The first-order chi connectivity index (χ1) is 10.0. The van der Waals surface area contributed by atoms with E-state index >= 15 is 0 Å². The van der Waals surface area contributed by atoms with Gasteiger partial charge in [-0.1, -0.05) is 12.1 Å². The molecule has 0 saturated heterocycles. The lowest BCUT2D eigenvalue weighted by Gasteiger charge is -2.10. The fraction of sp³-hybridized carbons (Fsp3) is 0.200. The molecule has 2 rings (SSSR count). The first kappa shape index (κ1) is 15.3. The molecule has 0 fully saturated rings. The predicted octanol–water partition coefficient (Wildman–Crippen LogP) is 4.29. The van der Waals surface area contributed by atoms with Crippen molar-refractivity contribution in [3.8, 4) is 5.75 Å². The molecule has 1 N–H and O–H groups in total. The van der Waals surface area contributed by atoms with Crippen molar-refractivity contribution in [3.05, 3.63) is 62.1 Å². The van der Waals surface area contributed by atoms with E-state index in [1.165, 1.54) is 6.07 Å². The van der Waals surface area contributed by atoms with Gasteiger partial charge in [-0.15, -0.1) is 0 Å². The van der Waals surface area contributed by atoms with Gasteiger partial charge in [0.2, 0.25) is 0 Å². The van der Waals surface area contributed by atoms with Crippen LogP contribution in [0.15, 0.2) is 40.9 Å². The molecule has 5 nitrogen and oxygen atoms in total. The summed E-state index contributed by atoms with van der Waals surface area (Å²) in [6, 6.07) is 10.7. The van der Waals surface area contributed by atoms with Crippen molar-refractivity contribution >= 4 is 27.3 Å². The molecule has 21 heavy (non-hydrogen) atoms. The Morgan fingerprint density at radius 2 is 2.05 bits per heavy atom. The molecule has 2 aromatic rings. The normalized spacial score (nSPS) is 10.2. The number of nitro benzene ring substituents is 1. The summed E-state index contributed by atoms with van der Waals surface area (Å²) >= 11 is 3.42. The number of aryl methyl sites for hydroxylation is 1. The van der Waals surface area contributed by atoms with Crippen molar-refractivity contribution in [2.45, 2.75) is 13.5 Å². The van der Waals surface area contributed by atoms with Crippen LogP contribution in [0.2, 0.25) is 0 Å². The van der Waals surface area contributed by atoms with Gasteiger partial charge in [0.15, 0.2) is 0 Å². The second-order valence-electron chi connectivity index (χ2n) is 4.60. The van der Waals surface area contributed by atoms with Crippen LogP contribution >= 0.6 is 15.9 Å². The number of anilines is 1. The van der Waals surface area contributed by atoms with E-state index in [-0.39, 0.29) is 10.6 Å². The largest absolute Gasteiger partial charge is 0.496 e. The highest BCUT2D eigenvalue weighted by molar-refractivity contribution is 9.10. The average Bonchev–Trinajstić information content (AvgIpc) is 2.45. The number of ether oxygens (including phenoxy) is 1. The Morgan fingerprint density at radius 1 is 1.29 bits per heavy atom. The van der Waals surface area contributed by atoms with Crippen LogP contribution in [0.5, 0.6) is 5.75 Å². The molecule has 6 heteroatoms. The quantitative estimate of drug-likeness (QED) is 0.645. The summed E-state index contributed by atoms with van der Waals surface area (Å²) < 4.78 is 6.02. The zero-order valence-corrected chi connectivity index (χ0v) is 13.3. The van der Waals surface area contributed by atoms with Gasteiger partial charge in [-0.25, -0.2) is 0 Å². The van der Waals surface area contributed by atoms with E-state index < -0.39 is 0 Å². The minimum absolute atomic E-state index is 0.0770. The molecule has 0 bridgehead atoms. The highest BCUT2D eigenvalue weighted by Crippen LogP contribution is 2.28. The average molecular weight is 351 g/mol. The summed E-state index contributed by atoms with van der Waals surface area (Å²) in [7, 11) is 1.61. The van der Waals surface area contributed by atoms with Crippen LogP contribution in [0, 0.1) is 17.0 Å². The second kappa shape index (κ2) is 6.58. The third-order valence-electron chi connectivity index (χ3n) is 3.05. The maximum absolute atomic E-state index is 11.0. The van der Waals surface area contributed by atoms with E-state index in [2.05, 4.69) is 21.2 Å². The van der Waals surface area contributed by atoms with Crippen molar-refractivity contribution < 1.29 is 9.66 Å². The Balaban J connectivity index is 2.18. The lowest BCUT2D eigenvalue weighted by atomic mass is 10.1. The van der Waals surface area contributed by atoms with Gasteiger partial charge in [0.1, 0.15) is 11.4 Å². The Kier molecular flexibility index (Phi) is 4.80.